The molecule has 0 aromatic heterocycles. The minimum absolute atomic E-state index is 0.0169. The second-order valence-corrected chi connectivity index (χ2v) is 9.16. The molecule has 0 spiro atoms. The summed E-state index contributed by atoms with van der Waals surface area (Å²) in [5.74, 6) is -2.85. The average molecular weight is 554 g/mol. The number of hydrazine groups is 1. The fourth-order valence-corrected chi connectivity index (χ4v) is 3.22. The number of nitrogens with zero attached hydrogens (tertiary/aromatic N) is 1. The molecule has 5 amide bonds. The number of hydrogen-bond donors (Lipinski definition) is 4. The molecule has 0 fully saturated rings. The highest BCUT2D eigenvalue weighted by Gasteiger charge is 2.38. The molecule has 2 rings (SSSR count). The van der Waals surface area contributed by atoms with Crippen LogP contribution in [0, 0.1) is 0 Å². The van der Waals surface area contributed by atoms with Crippen molar-refractivity contribution in [2.45, 2.75) is 52.4 Å². The molecule has 212 valence electrons. The van der Waals surface area contributed by atoms with E-state index >= 15 is 0 Å². The van der Waals surface area contributed by atoms with E-state index in [2.05, 4.69) is 10.7 Å². The molecule has 0 saturated carbocycles. The Kier molecular flexibility index (Phi) is 9.75. The summed E-state index contributed by atoms with van der Waals surface area (Å²) in [6.45, 7) is 6.07. The van der Waals surface area contributed by atoms with E-state index in [4.69, 9.17) is 15.2 Å². The number of halogens is 3. The van der Waals surface area contributed by atoms with Crippen molar-refractivity contribution in [3.63, 3.8) is 0 Å². The van der Waals surface area contributed by atoms with Crippen molar-refractivity contribution >= 4 is 35.3 Å². The van der Waals surface area contributed by atoms with E-state index in [1.54, 1.807) is 33.0 Å². The Morgan fingerprint density at radius 3 is 2.26 bits per heavy atom. The number of nitrogens with one attached hydrogen (secondary N) is 3. The largest absolute Gasteiger partial charge is 0.495 e. The molecule has 0 heterocycles. The van der Waals surface area contributed by atoms with Crippen LogP contribution in [0.2, 0.25) is 0 Å². The van der Waals surface area contributed by atoms with E-state index in [1.807, 2.05) is 0 Å². The highest BCUT2D eigenvalue weighted by atomic mass is 19.4. The Hall–Kier alpha value is -4.49. The molecule has 2 aromatic carbocycles. The van der Waals surface area contributed by atoms with Gasteiger partial charge in [0.15, 0.2) is 0 Å². The van der Waals surface area contributed by atoms with Gasteiger partial charge in [-0.05, 0) is 56.5 Å². The lowest BCUT2D eigenvalue weighted by molar-refractivity contribution is -0.173. The van der Waals surface area contributed by atoms with E-state index in [-0.39, 0.29) is 28.3 Å². The predicted molar refractivity (Wildman–Crippen MR) is 136 cm³/mol. The van der Waals surface area contributed by atoms with Crippen LogP contribution in [0.4, 0.5) is 34.1 Å². The van der Waals surface area contributed by atoms with Gasteiger partial charge in [-0.1, -0.05) is 19.1 Å². The van der Waals surface area contributed by atoms with Crippen LogP contribution in [-0.2, 0) is 22.5 Å². The molecule has 14 heteroatoms. The number of anilines is 2. The van der Waals surface area contributed by atoms with Crippen molar-refractivity contribution in [1.82, 2.24) is 16.1 Å². The molecule has 0 radical (unpaired) electrons. The van der Waals surface area contributed by atoms with Gasteiger partial charge in [0.1, 0.15) is 11.4 Å². The van der Waals surface area contributed by atoms with Gasteiger partial charge in [-0.15, -0.1) is 0 Å². The standard InChI is InChI=1S/C25H30F3N5O6/c1-6-15-8-7-14(13-30-21(35)25(26,27)28)11-17(15)20(34)31-22(36)33(32-23(37)39-24(2,3)4)16-9-10-18(29)19(12-16)38-5/h7-12H,6,13,29H2,1-5H3,(H,30,35)(H,32,37)(H,31,34,36). The predicted octanol–water partition coefficient (Wildman–Crippen LogP) is 3.81. The fraction of sp³-hybridized carbons (Fsp3) is 0.360. The minimum atomic E-state index is -5.06. The summed E-state index contributed by atoms with van der Waals surface area (Å²) < 4.78 is 47.9. The topological polar surface area (TPSA) is 152 Å². The van der Waals surface area contributed by atoms with Crippen molar-refractivity contribution in [3.8, 4) is 5.75 Å². The summed E-state index contributed by atoms with van der Waals surface area (Å²) in [5, 5.41) is 4.58. The summed E-state index contributed by atoms with van der Waals surface area (Å²) in [7, 11) is 1.35. The number of aryl methyl sites for hydroxylation is 1. The maximum Gasteiger partial charge on any atom is 0.471 e. The zero-order chi connectivity index (χ0) is 29.5. The molecular weight excluding hydrogens is 523 g/mol. The highest BCUT2D eigenvalue weighted by molar-refractivity contribution is 6.10. The minimum Gasteiger partial charge on any atom is -0.495 e. The van der Waals surface area contributed by atoms with Crippen molar-refractivity contribution in [1.29, 1.82) is 0 Å². The van der Waals surface area contributed by atoms with E-state index in [1.165, 1.54) is 43.5 Å². The van der Waals surface area contributed by atoms with Crippen molar-refractivity contribution in [2.24, 2.45) is 0 Å². The van der Waals surface area contributed by atoms with Crippen LogP contribution in [0.3, 0.4) is 0 Å². The molecule has 0 aliphatic rings. The molecule has 0 atom stereocenters. The van der Waals surface area contributed by atoms with Crippen LogP contribution in [0.1, 0.15) is 49.2 Å². The Labute approximate surface area is 222 Å². The van der Waals surface area contributed by atoms with Crippen molar-refractivity contribution in [2.75, 3.05) is 17.9 Å². The Balaban J connectivity index is 2.34. The van der Waals surface area contributed by atoms with E-state index in [0.29, 0.717) is 17.0 Å². The molecule has 0 unspecified atom stereocenters. The van der Waals surface area contributed by atoms with Gasteiger partial charge in [-0.25, -0.2) is 15.0 Å². The molecular formula is C25H30F3N5O6. The molecule has 0 bridgehead atoms. The Bertz CT molecular complexity index is 1240. The molecule has 0 saturated heterocycles. The summed E-state index contributed by atoms with van der Waals surface area (Å²) in [6.07, 6.45) is -5.72. The van der Waals surface area contributed by atoms with Crippen LogP contribution in [0.15, 0.2) is 36.4 Å². The average Bonchev–Trinajstić information content (AvgIpc) is 2.84. The fourth-order valence-electron chi connectivity index (χ4n) is 3.22. The number of carbonyl (C=O) groups excluding carboxylic acids is 4. The van der Waals surface area contributed by atoms with Gasteiger partial charge in [0.25, 0.3) is 5.91 Å². The first-order valence-corrected chi connectivity index (χ1v) is 11.6. The number of carbonyl (C=O) groups is 4. The van der Waals surface area contributed by atoms with Crippen molar-refractivity contribution < 1.29 is 41.8 Å². The highest BCUT2D eigenvalue weighted by Crippen LogP contribution is 2.27. The zero-order valence-electron chi connectivity index (χ0n) is 22.0. The molecule has 0 aliphatic carbocycles. The third-order valence-electron chi connectivity index (χ3n) is 5.01. The van der Waals surface area contributed by atoms with E-state index < -0.39 is 42.3 Å². The maximum absolute atomic E-state index is 13.2. The third kappa shape index (κ3) is 8.79. The number of rotatable bonds is 6. The number of ether oxygens (including phenoxy) is 2. The lowest BCUT2D eigenvalue weighted by Gasteiger charge is -2.26. The molecule has 39 heavy (non-hydrogen) atoms. The number of methoxy groups -OCH3 is 1. The van der Waals surface area contributed by atoms with Gasteiger partial charge in [-0.3, -0.25) is 14.9 Å². The first-order valence-electron chi connectivity index (χ1n) is 11.6. The quantitative estimate of drug-likeness (QED) is 0.314. The zero-order valence-corrected chi connectivity index (χ0v) is 22.0. The second-order valence-electron chi connectivity index (χ2n) is 9.16. The van der Waals surface area contributed by atoms with Gasteiger partial charge in [0.2, 0.25) is 0 Å². The van der Waals surface area contributed by atoms with Crippen LogP contribution in [-0.4, -0.2) is 42.8 Å². The lowest BCUT2D eigenvalue weighted by Crippen LogP contribution is -2.53. The molecule has 0 aliphatic heterocycles. The number of imide groups is 1. The summed E-state index contributed by atoms with van der Waals surface area (Å²) in [5.41, 5.74) is 8.15. The van der Waals surface area contributed by atoms with Gasteiger partial charge < -0.3 is 20.5 Å². The SMILES string of the molecule is CCc1ccc(CNC(=O)C(F)(F)F)cc1C(=O)NC(=O)N(NC(=O)OC(C)(C)C)c1ccc(N)c(OC)c1. The maximum atomic E-state index is 13.2. The van der Waals surface area contributed by atoms with Crippen LogP contribution in [0.5, 0.6) is 5.75 Å². The van der Waals surface area contributed by atoms with E-state index in [0.717, 1.165) is 0 Å². The number of benzene rings is 2. The number of urea groups is 1. The number of amides is 5. The Morgan fingerprint density at radius 2 is 1.69 bits per heavy atom. The van der Waals surface area contributed by atoms with Crippen LogP contribution < -0.4 is 31.5 Å². The van der Waals surface area contributed by atoms with Gasteiger partial charge in [0.05, 0.1) is 18.5 Å². The molecule has 2 aromatic rings. The normalized spacial score (nSPS) is 11.3. The third-order valence-corrected chi connectivity index (χ3v) is 5.01. The Morgan fingerprint density at radius 1 is 1.03 bits per heavy atom. The summed E-state index contributed by atoms with van der Waals surface area (Å²) in [4.78, 5) is 49.9. The van der Waals surface area contributed by atoms with Gasteiger partial charge >= 0.3 is 24.2 Å². The lowest BCUT2D eigenvalue weighted by atomic mass is 10.0. The first kappa shape index (κ1) is 30.7. The summed E-state index contributed by atoms with van der Waals surface area (Å²) >= 11 is 0. The molecule has 5 N–H and O–H groups in total. The number of hydrogen-bond acceptors (Lipinski definition) is 7. The monoisotopic (exact) mass is 553 g/mol. The second kappa shape index (κ2) is 12.4. The van der Waals surface area contributed by atoms with Crippen LogP contribution in [0.25, 0.3) is 0 Å². The smallest absolute Gasteiger partial charge is 0.471 e. The number of alkyl halides is 3. The van der Waals surface area contributed by atoms with Crippen molar-refractivity contribution in [3.05, 3.63) is 53.1 Å². The van der Waals surface area contributed by atoms with Crippen LogP contribution >= 0.6 is 0 Å². The molecule has 11 nitrogen and oxygen atoms in total. The van der Waals surface area contributed by atoms with E-state index in [9.17, 15) is 32.3 Å². The first-order chi connectivity index (χ1) is 18.1. The van der Waals surface area contributed by atoms with Gasteiger partial charge in [-0.2, -0.15) is 18.2 Å². The summed E-state index contributed by atoms with van der Waals surface area (Å²) in [6, 6.07) is 7.27. The number of nitrogens with two attached hydrogens (primary N) is 1. The van der Waals surface area contributed by atoms with Gasteiger partial charge in [0, 0.05) is 18.2 Å². The number of nitrogen functional groups attached to an aromatic ring is 1.